The Morgan fingerprint density at radius 3 is 2.53 bits per heavy atom. The van der Waals surface area contributed by atoms with Gasteiger partial charge in [0.05, 0.1) is 26.7 Å². The van der Waals surface area contributed by atoms with E-state index in [1.54, 1.807) is 0 Å². The molecule has 30 heavy (non-hydrogen) atoms. The summed E-state index contributed by atoms with van der Waals surface area (Å²) in [5.74, 6) is -0.688. The number of piperidine rings is 1. The highest BCUT2D eigenvalue weighted by Crippen LogP contribution is 2.28. The Hall–Kier alpha value is -2.76. The first-order valence-corrected chi connectivity index (χ1v) is 10.9. The largest absolute Gasteiger partial charge is 0.323 e. The monoisotopic (exact) mass is 454 g/mol. The Morgan fingerprint density at radius 2 is 1.87 bits per heavy atom. The Kier molecular flexibility index (Phi) is 6.54. The number of anilines is 1. The van der Waals surface area contributed by atoms with Crippen LogP contribution in [0.1, 0.15) is 19.3 Å². The molecule has 0 aliphatic carbocycles. The molecule has 1 fully saturated rings. The van der Waals surface area contributed by atoms with Crippen LogP contribution in [0.3, 0.4) is 0 Å². The molecule has 160 valence electrons. The van der Waals surface area contributed by atoms with Gasteiger partial charge in [-0.05, 0) is 31.0 Å². The van der Waals surface area contributed by atoms with Crippen molar-refractivity contribution in [3.8, 4) is 0 Å². The number of nitro groups is 1. The Labute approximate surface area is 177 Å². The van der Waals surface area contributed by atoms with E-state index in [-0.39, 0.29) is 21.3 Å². The van der Waals surface area contributed by atoms with Gasteiger partial charge in [0.25, 0.3) is 11.2 Å². The molecule has 3 rings (SSSR count). The summed E-state index contributed by atoms with van der Waals surface area (Å²) in [6.07, 6.45) is 3.51. The highest BCUT2D eigenvalue weighted by atomic mass is 35.5. The molecule has 1 aliphatic heterocycles. The van der Waals surface area contributed by atoms with Crippen molar-refractivity contribution in [1.82, 2.24) is 8.87 Å². The van der Waals surface area contributed by atoms with E-state index >= 15 is 0 Å². The molecule has 0 atom stereocenters. The van der Waals surface area contributed by atoms with Gasteiger partial charge in [0.1, 0.15) is 6.54 Å². The number of halogens is 1. The van der Waals surface area contributed by atoms with Crippen LogP contribution in [0.4, 0.5) is 11.4 Å². The summed E-state index contributed by atoms with van der Waals surface area (Å²) in [5.41, 5.74) is -0.864. The zero-order chi connectivity index (χ0) is 21.9. The number of pyridine rings is 1. The fraction of sp³-hybridized carbons (Fsp3) is 0.333. The maximum Gasteiger partial charge on any atom is 0.285 e. The Balaban J connectivity index is 1.81. The summed E-state index contributed by atoms with van der Waals surface area (Å²) >= 11 is 6.10. The topological polar surface area (TPSA) is 132 Å². The van der Waals surface area contributed by atoms with Gasteiger partial charge in [-0.25, -0.2) is 8.42 Å². The maximum absolute atomic E-state index is 12.8. The third-order valence-corrected chi connectivity index (χ3v) is 6.88. The fourth-order valence-electron chi connectivity index (χ4n) is 3.11. The summed E-state index contributed by atoms with van der Waals surface area (Å²) in [6.45, 7) is 0.366. The van der Waals surface area contributed by atoms with Crippen molar-refractivity contribution < 1.29 is 18.1 Å². The molecule has 0 saturated carbocycles. The molecule has 10 nitrogen and oxygen atoms in total. The van der Waals surface area contributed by atoms with Gasteiger partial charge in [-0.2, -0.15) is 4.31 Å². The van der Waals surface area contributed by atoms with Crippen molar-refractivity contribution in [1.29, 1.82) is 0 Å². The second kappa shape index (κ2) is 8.94. The van der Waals surface area contributed by atoms with Gasteiger partial charge in [-0.15, -0.1) is 0 Å². The molecule has 2 heterocycles. The van der Waals surface area contributed by atoms with Gasteiger partial charge in [-0.1, -0.05) is 18.0 Å². The number of rotatable bonds is 6. The van der Waals surface area contributed by atoms with Crippen LogP contribution in [0.25, 0.3) is 0 Å². The summed E-state index contributed by atoms with van der Waals surface area (Å²) in [7, 11) is -3.72. The second-order valence-corrected chi connectivity index (χ2v) is 9.11. The number of nitrogens with zero attached hydrogens (tertiary/aromatic N) is 3. The van der Waals surface area contributed by atoms with Crippen molar-refractivity contribution in [2.75, 3.05) is 18.4 Å². The predicted molar refractivity (Wildman–Crippen MR) is 110 cm³/mol. The highest BCUT2D eigenvalue weighted by Gasteiger charge is 2.26. The number of hydrogen-bond donors (Lipinski definition) is 1. The minimum Gasteiger partial charge on any atom is -0.323 e. The standard InChI is InChI=1S/C18H19ClN4O6S/c19-15-6-5-14(30(28,29)22-8-2-1-3-9-22)10-16(15)20-17(24)12-21-11-13(23(26)27)4-7-18(21)25/h4-7,10-11H,1-3,8-9,12H2,(H,20,24). The molecular weight excluding hydrogens is 436 g/mol. The van der Waals surface area contributed by atoms with Crippen LogP contribution >= 0.6 is 11.6 Å². The van der Waals surface area contributed by atoms with Crippen LogP contribution < -0.4 is 10.9 Å². The molecule has 1 saturated heterocycles. The molecule has 2 aromatic rings. The van der Waals surface area contributed by atoms with Gasteiger partial charge >= 0.3 is 0 Å². The van der Waals surface area contributed by atoms with E-state index in [4.69, 9.17) is 11.6 Å². The van der Waals surface area contributed by atoms with Crippen molar-refractivity contribution in [2.45, 2.75) is 30.7 Å². The van der Waals surface area contributed by atoms with Crippen LogP contribution in [-0.2, 0) is 21.4 Å². The molecule has 0 radical (unpaired) electrons. The minimum absolute atomic E-state index is 0.00313. The van der Waals surface area contributed by atoms with Gasteiger partial charge < -0.3 is 5.32 Å². The molecular formula is C18H19ClN4O6S. The van der Waals surface area contributed by atoms with Crippen LogP contribution in [0.2, 0.25) is 5.02 Å². The number of benzene rings is 1. The molecule has 1 aromatic heterocycles. The summed E-state index contributed by atoms with van der Waals surface area (Å²) in [4.78, 5) is 34.4. The van der Waals surface area contributed by atoms with Crippen LogP contribution in [0.5, 0.6) is 0 Å². The fourth-order valence-corrected chi connectivity index (χ4v) is 4.82. The number of nitrogens with one attached hydrogen (secondary N) is 1. The third-order valence-electron chi connectivity index (χ3n) is 4.66. The summed E-state index contributed by atoms with van der Waals surface area (Å²) in [6, 6.07) is 6.04. The van der Waals surface area contributed by atoms with Crippen molar-refractivity contribution in [3.63, 3.8) is 0 Å². The van der Waals surface area contributed by atoms with E-state index in [0.717, 1.165) is 42.2 Å². The van der Waals surface area contributed by atoms with Crippen molar-refractivity contribution >= 4 is 38.9 Å². The number of hydrogen-bond acceptors (Lipinski definition) is 6. The Morgan fingerprint density at radius 1 is 1.17 bits per heavy atom. The van der Waals surface area contributed by atoms with Gasteiger partial charge in [0.2, 0.25) is 15.9 Å². The lowest BCUT2D eigenvalue weighted by Crippen LogP contribution is -2.35. The highest BCUT2D eigenvalue weighted by molar-refractivity contribution is 7.89. The average molecular weight is 455 g/mol. The zero-order valence-electron chi connectivity index (χ0n) is 15.8. The minimum atomic E-state index is -3.72. The average Bonchev–Trinajstić information content (AvgIpc) is 2.71. The van der Waals surface area contributed by atoms with Gasteiger partial charge in [0, 0.05) is 25.2 Å². The summed E-state index contributed by atoms with van der Waals surface area (Å²) < 4.78 is 28.0. The Bertz CT molecular complexity index is 1140. The molecule has 12 heteroatoms. The molecule has 0 bridgehead atoms. The predicted octanol–water partition coefficient (Wildman–Crippen LogP) is 2.22. The molecule has 0 spiro atoms. The maximum atomic E-state index is 12.8. The molecule has 1 amide bonds. The number of aromatic nitrogens is 1. The number of carbonyl (C=O) groups is 1. The quantitative estimate of drug-likeness (QED) is 0.525. The first-order chi connectivity index (χ1) is 14.2. The van der Waals surface area contributed by atoms with Crippen LogP contribution in [-0.4, -0.2) is 41.2 Å². The van der Waals surface area contributed by atoms with E-state index in [1.807, 2.05) is 0 Å². The van der Waals surface area contributed by atoms with E-state index in [0.29, 0.717) is 13.1 Å². The van der Waals surface area contributed by atoms with E-state index in [1.165, 1.54) is 22.5 Å². The second-order valence-electron chi connectivity index (χ2n) is 6.77. The van der Waals surface area contributed by atoms with Crippen LogP contribution in [0.15, 0.2) is 46.2 Å². The van der Waals surface area contributed by atoms with E-state index in [2.05, 4.69) is 5.32 Å². The van der Waals surface area contributed by atoms with Gasteiger partial charge in [0.15, 0.2) is 0 Å². The number of carbonyl (C=O) groups excluding carboxylic acids is 1. The van der Waals surface area contributed by atoms with Crippen molar-refractivity contribution in [3.05, 3.63) is 62.0 Å². The number of amides is 1. The van der Waals surface area contributed by atoms with E-state index < -0.39 is 33.0 Å². The lowest BCUT2D eigenvalue weighted by molar-refractivity contribution is -0.385. The van der Waals surface area contributed by atoms with Crippen LogP contribution in [0, 0.1) is 10.1 Å². The first-order valence-electron chi connectivity index (χ1n) is 9.13. The lowest BCUT2D eigenvalue weighted by atomic mass is 10.2. The SMILES string of the molecule is O=C(Cn1cc([N+](=O)[O-])ccc1=O)Nc1cc(S(=O)(=O)N2CCCCC2)ccc1Cl. The normalized spacial score (nSPS) is 15.0. The smallest absolute Gasteiger partial charge is 0.285 e. The van der Waals surface area contributed by atoms with Crippen molar-refractivity contribution in [2.24, 2.45) is 0 Å². The number of sulfonamides is 1. The molecule has 1 aliphatic rings. The third kappa shape index (κ3) is 4.86. The van der Waals surface area contributed by atoms with E-state index in [9.17, 15) is 28.1 Å². The molecule has 0 unspecified atom stereocenters. The summed E-state index contributed by atoms with van der Waals surface area (Å²) in [5, 5.41) is 13.4. The molecule has 1 aromatic carbocycles. The molecule has 1 N–H and O–H groups in total. The lowest BCUT2D eigenvalue weighted by Gasteiger charge is -2.26. The zero-order valence-corrected chi connectivity index (χ0v) is 17.4. The first kappa shape index (κ1) is 21.9. The van der Waals surface area contributed by atoms with Gasteiger partial charge in [-0.3, -0.25) is 24.3 Å².